The standard InChI is InChI=1S/C23H24FN3O5/c1-5-16-12-21(29)27(23(26-16)14-7-6-8-15(24)9-14)13-20(28)25-17-10-18(30-2)22(32-4)19(11-17)31-3/h6-12H,5,13H2,1-4H3,(H,25,28). The molecule has 1 N–H and O–H groups in total. The van der Waals surface area contributed by atoms with Gasteiger partial charge in [0, 0.05) is 35.1 Å². The molecule has 1 amide bonds. The van der Waals surface area contributed by atoms with E-state index < -0.39 is 17.3 Å². The van der Waals surface area contributed by atoms with E-state index in [4.69, 9.17) is 14.2 Å². The Bertz CT molecular complexity index is 1170. The highest BCUT2D eigenvalue weighted by Gasteiger charge is 2.17. The zero-order chi connectivity index (χ0) is 23.3. The van der Waals surface area contributed by atoms with Crippen molar-refractivity contribution >= 4 is 11.6 Å². The third kappa shape index (κ3) is 4.88. The molecular formula is C23H24FN3O5. The van der Waals surface area contributed by atoms with Gasteiger partial charge in [-0.3, -0.25) is 14.2 Å². The first kappa shape index (κ1) is 22.8. The number of hydrogen-bond donors (Lipinski definition) is 1. The molecule has 1 aromatic heterocycles. The molecule has 0 atom stereocenters. The van der Waals surface area contributed by atoms with Crippen LogP contribution in [0.2, 0.25) is 0 Å². The van der Waals surface area contributed by atoms with Gasteiger partial charge >= 0.3 is 0 Å². The Morgan fingerprint density at radius 3 is 2.31 bits per heavy atom. The van der Waals surface area contributed by atoms with E-state index in [9.17, 15) is 14.0 Å². The summed E-state index contributed by atoms with van der Waals surface area (Å²) in [5.74, 6) is 0.394. The van der Waals surface area contributed by atoms with Gasteiger partial charge in [-0.25, -0.2) is 9.37 Å². The molecular weight excluding hydrogens is 417 g/mol. The number of nitrogens with one attached hydrogen (secondary N) is 1. The number of nitrogens with zero attached hydrogens (tertiary/aromatic N) is 2. The number of benzene rings is 2. The van der Waals surface area contributed by atoms with Crippen molar-refractivity contribution in [3.63, 3.8) is 0 Å². The Hall–Kier alpha value is -3.88. The average molecular weight is 441 g/mol. The number of halogens is 1. The minimum absolute atomic E-state index is 0.217. The summed E-state index contributed by atoms with van der Waals surface area (Å²) in [6.07, 6.45) is 0.524. The van der Waals surface area contributed by atoms with Gasteiger partial charge in [-0.15, -0.1) is 0 Å². The van der Waals surface area contributed by atoms with Crippen LogP contribution >= 0.6 is 0 Å². The van der Waals surface area contributed by atoms with Crippen molar-refractivity contribution in [1.29, 1.82) is 0 Å². The Morgan fingerprint density at radius 2 is 1.75 bits per heavy atom. The fourth-order valence-corrected chi connectivity index (χ4v) is 3.23. The van der Waals surface area contributed by atoms with Gasteiger partial charge in [-0.1, -0.05) is 19.1 Å². The number of aryl methyl sites for hydroxylation is 1. The molecule has 0 aliphatic carbocycles. The molecule has 0 aliphatic heterocycles. The normalized spacial score (nSPS) is 10.5. The number of carbonyl (C=O) groups excluding carboxylic acids is 1. The fourth-order valence-electron chi connectivity index (χ4n) is 3.23. The van der Waals surface area contributed by atoms with Crippen molar-refractivity contribution < 1.29 is 23.4 Å². The van der Waals surface area contributed by atoms with Gasteiger partial charge in [0.1, 0.15) is 18.2 Å². The minimum atomic E-state index is -0.481. The average Bonchev–Trinajstić information content (AvgIpc) is 2.79. The smallest absolute Gasteiger partial charge is 0.254 e. The second-order valence-corrected chi connectivity index (χ2v) is 6.82. The summed E-state index contributed by atoms with van der Waals surface area (Å²) in [6, 6.07) is 10.3. The summed E-state index contributed by atoms with van der Waals surface area (Å²) < 4.78 is 30.9. The number of rotatable bonds is 8. The molecule has 0 bridgehead atoms. The summed E-state index contributed by atoms with van der Waals surface area (Å²) in [4.78, 5) is 30.0. The molecule has 0 saturated carbocycles. The van der Waals surface area contributed by atoms with Crippen molar-refractivity contribution in [3.8, 4) is 28.6 Å². The number of hydrogen-bond acceptors (Lipinski definition) is 6. The Morgan fingerprint density at radius 1 is 1.06 bits per heavy atom. The van der Waals surface area contributed by atoms with Crippen molar-refractivity contribution in [2.45, 2.75) is 19.9 Å². The molecule has 0 spiro atoms. The van der Waals surface area contributed by atoms with Gasteiger partial charge < -0.3 is 19.5 Å². The number of methoxy groups -OCH3 is 3. The molecule has 0 radical (unpaired) electrons. The largest absolute Gasteiger partial charge is 0.493 e. The van der Waals surface area contributed by atoms with Crippen LogP contribution in [0.1, 0.15) is 12.6 Å². The molecule has 32 heavy (non-hydrogen) atoms. The van der Waals surface area contributed by atoms with E-state index in [0.717, 1.165) is 0 Å². The predicted molar refractivity (Wildman–Crippen MR) is 118 cm³/mol. The van der Waals surface area contributed by atoms with Gasteiger partial charge in [-0.05, 0) is 18.6 Å². The lowest BCUT2D eigenvalue weighted by atomic mass is 10.2. The van der Waals surface area contributed by atoms with Crippen LogP contribution < -0.4 is 25.1 Å². The van der Waals surface area contributed by atoms with Crippen LogP contribution in [0, 0.1) is 5.82 Å². The van der Waals surface area contributed by atoms with Gasteiger partial charge in [-0.2, -0.15) is 0 Å². The van der Waals surface area contributed by atoms with Crippen molar-refractivity contribution in [3.05, 3.63) is 64.3 Å². The van der Waals surface area contributed by atoms with Gasteiger partial charge in [0.2, 0.25) is 11.7 Å². The number of anilines is 1. The van der Waals surface area contributed by atoms with E-state index in [0.29, 0.717) is 40.6 Å². The molecule has 8 nitrogen and oxygen atoms in total. The predicted octanol–water partition coefficient (Wildman–Crippen LogP) is 3.28. The first-order chi connectivity index (χ1) is 15.4. The molecule has 9 heteroatoms. The Kier molecular flexibility index (Phi) is 7.09. The van der Waals surface area contributed by atoms with Gasteiger partial charge in [0.25, 0.3) is 5.56 Å². The topological polar surface area (TPSA) is 91.7 Å². The van der Waals surface area contributed by atoms with Crippen LogP contribution in [-0.4, -0.2) is 36.8 Å². The first-order valence-electron chi connectivity index (χ1n) is 9.86. The molecule has 1 heterocycles. The second kappa shape index (κ2) is 9.95. The minimum Gasteiger partial charge on any atom is -0.493 e. The third-order valence-corrected chi connectivity index (χ3v) is 4.76. The van der Waals surface area contributed by atoms with Crippen molar-refractivity contribution in [2.75, 3.05) is 26.6 Å². The quantitative estimate of drug-likeness (QED) is 0.577. The van der Waals surface area contributed by atoms with Gasteiger partial charge in [0.05, 0.1) is 21.3 Å². The third-order valence-electron chi connectivity index (χ3n) is 4.76. The molecule has 0 saturated heterocycles. The summed E-state index contributed by atoms with van der Waals surface area (Å²) in [6.45, 7) is 1.54. The van der Waals surface area contributed by atoms with Gasteiger partial charge in [0.15, 0.2) is 11.5 Å². The lowest BCUT2D eigenvalue weighted by Gasteiger charge is -2.16. The highest BCUT2D eigenvalue weighted by atomic mass is 19.1. The summed E-state index contributed by atoms with van der Waals surface area (Å²) >= 11 is 0. The Labute approximate surface area is 184 Å². The SMILES string of the molecule is CCc1cc(=O)n(CC(=O)Nc2cc(OC)c(OC)c(OC)c2)c(-c2cccc(F)c2)n1. The van der Waals surface area contributed by atoms with E-state index in [1.165, 1.54) is 50.2 Å². The monoisotopic (exact) mass is 441 g/mol. The van der Waals surface area contributed by atoms with E-state index in [2.05, 4.69) is 10.3 Å². The molecule has 0 fully saturated rings. The summed E-state index contributed by atoms with van der Waals surface area (Å²) in [5.41, 5.74) is 0.938. The lowest BCUT2D eigenvalue weighted by molar-refractivity contribution is -0.116. The number of amides is 1. The molecule has 2 aromatic carbocycles. The van der Waals surface area contributed by atoms with E-state index in [1.54, 1.807) is 18.2 Å². The maximum atomic E-state index is 13.8. The zero-order valence-electron chi connectivity index (χ0n) is 18.3. The van der Waals surface area contributed by atoms with Crippen LogP contribution in [0.15, 0.2) is 47.3 Å². The Balaban J connectivity index is 1.96. The van der Waals surface area contributed by atoms with Crippen molar-refractivity contribution in [1.82, 2.24) is 9.55 Å². The summed E-state index contributed by atoms with van der Waals surface area (Å²) in [5, 5.41) is 2.72. The highest BCUT2D eigenvalue weighted by Crippen LogP contribution is 2.39. The number of carbonyl (C=O) groups is 1. The fraction of sp³-hybridized carbons (Fsp3) is 0.261. The van der Waals surface area contributed by atoms with Crippen molar-refractivity contribution in [2.24, 2.45) is 0 Å². The number of ether oxygens (including phenoxy) is 3. The first-order valence-corrected chi connectivity index (χ1v) is 9.86. The van der Waals surface area contributed by atoms with Crippen LogP contribution in [0.25, 0.3) is 11.4 Å². The van der Waals surface area contributed by atoms with E-state index in [-0.39, 0.29) is 12.4 Å². The van der Waals surface area contributed by atoms with Crippen LogP contribution in [0.4, 0.5) is 10.1 Å². The van der Waals surface area contributed by atoms with Crippen LogP contribution in [0.5, 0.6) is 17.2 Å². The molecule has 3 rings (SSSR count). The lowest BCUT2D eigenvalue weighted by Crippen LogP contribution is -2.30. The maximum Gasteiger partial charge on any atom is 0.254 e. The van der Waals surface area contributed by atoms with Crippen LogP contribution in [0.3, 0.4) is 0 Å². The van der Waals surface area contributed by atoms with E-state index >= 15 is 0 Å². The highest BCUT2D eigenvalue weighted by molar-refractivity contribution is 5.91. The summed E-state index contributed by atoms with van der Waals surface area (Å²) in [7, 11) is 4.41. The number of aromatic nitrogens is 2. The zero-order valence-corrected chi connectivity index (χ0v) is 18.3. The second-order valence-electron chi connectivity index (χ2n) is 6.82. The maximum absolute atomic E-state index is 13.8. The molecule has 0 unspecified atom stereocenters. The molecule has 3 aromatic rings. The molecule has 0 aliphatic rings. The van der Waals surface area contributed by atoms with Crippen LogP contribution in [-0.2, 0) is 17.8 Å². The molecule has 168 valence electrons. The van der Waals surface area contributed by atoms with E-state index in [1.807, 2.05) is 6.92 Å².